The van der Waals surface area contributed by atoms with Gasteiger partial charge >= 0.3 is 0 Å². The molecule has 0 spiro atoms. The Kier molecular flexibility index (Phi) is 5.47. The minimum atomic E-state index is -3.72. The predicted molar refractivity (Wildman–Crippen MR) is 132 cm³/mol. The Hall–Kier alpha value is -2.10. The molecule has 8 nitrogen and oxygen atoms in total. The van der Waals surface area contributed by atoms with Gasteiger partial charge in [-0.2, -0.15) is 0 Å². The van der Waals surface area contributed by atoms with E-state index in [-0.39, 0.29) is 34.2 Å². The predicted octanol–water partition coefficient (Wildman–Crippen LogP) is 2.29. The molecule has 35 heavy (non-hydrogen) atoms. The van der Waals surface area contributed by atoms with E-state index in [1.54, 1.807) is 12.1 Å². The molecule has 188 valence electrons. The molecule has 1 aromatic rings. The van der Waals surface area contributed by atoms with E-state index in [9.17, 15) is 18.0 Å². The van der Waals surface area contributed by atoms with Crippen LogP contribution in [0, 0.1) is 11.8 Å². The number of nitrogens with zero attached hydrogens (tertiary/aromatic N) is 2. The molecule has 2 aliphatic heterocycles. The van der Waals surface area contributed by atoms with E-state index < -0.39 is 15.6 Å². The summed E-state index contributed by atoms with van der Waals surface area (Å²) in [5, 5.41) is 3.65. The van der Waals surface area contributed by atoms with Gasteiger partial charge in [0.15, 0.2) is 5.78 Å². The molecule has 2 heterocycles. The maximum absolute atomic E-state index is 13.4. The maximum Gasteiger partial charge on any atom is 0.241 e. The Morgan fingerprint density at radius 2 is 1.74 bits per heavy atom. The number of hydrogen-bond donors (Lipinski definition) is 2. The van der Waals surface area contributed by atoms with Gasteiger partial charge in [0.25, 0.3) is 0 Å². The van der Waals surface area contributed by atoms with Crippen LogP contribution < -0.4 is 10.0 Å². The molecule has 5 fully saturated rings. The van der Waals surface area contributed by atoms with Gasteiger partial charge in [-0.3, -0.25) is 14.6 Å². The molecular formula is C26H34N4O4S. The molecule has 4 atom stereocenters. The molecule has 6 aliphatic rings. The summed E-state index contributed by atoms with van der Waals surface area (Å²) in [7, 11) is -3.72. The third kappa shape index (κ3) is 4.36. The molecule has 1 aromatic carbocycles. The van der Waals surface area contributed by atoms with Gasteiger partial charge in [0.05, 0.1) is 17.5 Å². The smallest absolute Gasteiger partial charge is 0.241 e. The van der Waals surface area contributed by atoms with Crippen molar-refractivity contribution in [1.82, 2.24) is 14.9 Å². The molecular weight excluding hydrogens is 464 g/mol. The molecule has 4 aliphatic carbocycles. The third-order valence-corrected chi connectivity index (χ3v) is 10.5. The van der Waals surface area contributed by atoms with Crippen LogP contribution in [0.1, 0.15) is 68.6 Å². The van der Waals surface area contributed by atoms with Gasteiger partial charge in [0, 0.05) is 29.4 Å². The number of Topliss-reactive ketones (excluding diaryl/α,β-unsaturated/α-hetero) is 1. The molecule has 0 aromatic heterocycles. The van der Waals surface area contributed by atoms with Gasteiger partial charge in [0.2, 0.25) is 15.9 Å². The largest absolute Gasteiger partial charge is 0.336 e. The molecule has 1 saturated heterocycles. The summed E-state index contributed by atoms with van der Waals surface area (Å²) in [5.74, 6) is 0.969. The van der Waals surface area contributed by atoms with E-state index in [4.69, 9.17) is 0 Å². The van der Waals surface area contributed by atoms with Crippen molar-refractivity contribution in [3.63, 3.8) is 0 Å². The lowest BCUT2D eigenvalue weighted by molar-refractivity contribution is -0.132. The highest BCUT2D eigenvalue weighted by atomic mass is 32.2. The van der Waals surface area contributed by atoms with Crippen LogP contribution in [0.3, 0.4) is 0 Å². The van der Waals surface area contributed by atoms with Crippen molar-refractivity contribution in [1.29, 1.82) is 0 Å². The van der Waals surface area contributed by atoms with Crippen LogP contribution in [0.25, 0.3) is 0 Å². The van der Waals surface area contributed by atoms with Gasteiger partial charge in [-0.1, -0.05) is 12.1 Å². The number of aliphatic imine (C=N–C) groups is 1. The molecule has 4 saturated carbocycles. The number of sulfonamides is 1. The second-order valence-corrected chi connectivity index (χ2v) is 13.3. The fourth-order valence-corrected chi connectivity index (χ4v) is 9.29. The summed E-state index contributed by atoms with van der Waals surface area (Å²) >= 11 is 0. The van der Waals surface area contributed by atoms with E-state index in [2.05, 4.69) is 15.0 Å². The van der Waals surface area contributed by atoms with Crippen LogP contribution in [-0.4, -0.2) is 67.5 Å². The van der Waals surface area contributed by atoms with Crippen LogP contribution in [0.5, 0.6) is 0 Å². The minimum absolute atomic E-state index is 0.0875. The van der Waals surface area contributed by atoms with Crippen LogP contribution in [0.2, 0.25) is 0 Å². The summed E-state index contributed by atoms with van der Waals surface area (Å²) in [4.78, 5) is 31.2. The first kappa shape index (κ1) is 23.3. The van der Waals surface area contributed by atoms with Crippen molar-refractivity contribution in [2.75, 3.05) is 13.1 Å². The van der Waals surface area contributed by atoms with Gasteiger partial charge in [-0.15, -0.1) is 0 Å². The molecule has 4 bridgehead atoms. The van der Waals surface area contributed by atoms with Gasteiger partial charge in [-0.25, -0.2) is 13.1 Å². The van der Waals surface area contributed by atoms with Crippen molar-refractivity contribution in [2.45, 2.75) is 86.3 Å². The Bertz CT molecular complexity index is 1160. The first-order valence-corrected chi connectivity index (χ1v) is 14.4. The normalized spacial score (nSPS) is 37.1. The number of carbonyl (C=O) groups excluding carboxylic acids is 2. The standard InChI is InChI=1S/C26H34N4O4S/c1-17(31)20-4-6-21(7-5-20)35(33,34)29-26-12-18-9-19(13-26)11-25(10-18,16-26)28-15-24(32)30-8-2-3-23(30)22-14-27-22/h4-7,14,18-19,22-23,28-29H,2-3,8-13,15-16H2,1H3. The fraction of sp³-hybridized carbons (Fsp3) is 0.654. The summed E-state index contributed by atoms with van der Waals surface area (Å²) in [6.45, 7) is 2.57. The Labute approximate surface area is 207 Å². The van der Waals surface area contributed by atoms with Crippen molar-refractivity contribution in [3.05, 3.63) is 29.8 Å². The summed E-state index contributed by atoms with van der Waals surface area (Å²) in [5.41, 5.74) is -0.192. The lowest BCUT2D eigenvalue weighted by Gasteiger charge is -2.62. The van der Waals surface area contributed by atoms with E-state index in [0.29, 0.717) is 30.4 Å². The first-order valence-electron chi connectivity index (χ1n) is 12.9. The SMILES string of the molecule is CC(=O)c1ccc(S(=O)(=O)NC23CC4CC(CC(NCC(=O)N5CCCC5C5C=N5)(C4)C2)C3)cc1. The Balaban J connectivity index is 1.17. The minimum Gasteiger partial charge on any atom is -0.336 e. The van der Waals surface area contributed by atoms with E-state index in [0.717, 1.165) is 51.5 Å². The average molecular weight is 499 g/mol. The van der Waals surface area contributed by atoms with Crippen molar-refractivity contribution < 1.29 is 18.0 Å². The summed E-state index contributed by atoms with van der Waals surface area (Å²) in [6.07, 6.45) is 9.53. The maximum atomic E-state index is 13.4. The quantitative estimate of drug-likeness (QED) is 0.535. The highest BCUT2D eigenvalue weighted by molar-refractivity contribution is 7.89. The molecule has 2 N–H and O–H groups in total. The zero-order valence-corrected chi connectivity index (χ0v) is 21.0. The molecule has 7 rings (SSSR count). The molecule has 4 unspecified atom stereocenters. The van der Waals surface area contributed by atoms with Crippen molar-refractivity contribution in [3.8, 4) is 0 Å². The van der Waals surface area contributed by atoms with Crippen LogP contribution in [0.4, 0.5) is 0 Å². The third-order valence-electron chi connectivity index (χ3n) is 8.93. The van der Waals surface area contributed by atoms with E-state index in [1.165, 1.54) is 19.1 Å². The van der Waals surface area contributed by atoms with Crippen molar-refractivity contribution in [2.24, 2.45) is 16.8 Å². The van der Waals surface area contributed by atoms with E-state index in [1.807, 2.05) is 11.1 Å². The second kappa shape index (κ2) is 8.21. The number of ketones is 1. The Morgan fingerprint density at radius 1 is 1.09 bits per heavy atom. The number of hydrogen-bond acceptors (Lipinski definition) is 6. The topological polar surface area (TPSA) is 108 Å². The first-order chi connectivity index (χ1) is 16.7. The van der Waals surface area contributed by atoms with Crippen LogP contribution >= 0.6 is 0 Å². The highest BCUT2D eigenvalue weighted by Gasteiger charge is 2.59. The molecule has 1 amide bonds. The zero-order chi connectivity index (χ0) is 24.4. The van der Waals surface area contributed by atoms with E-state index >= 15 is 0 Å². The van der Waals surface area contributed by atoms with Gasteiger partial charge in [0.1, 0.15) is 6.04 Å². The van der Waals surface area contributed by atoms with Crippen LogP contribution in [-0.2, 0) is 14.8 Å². The fourth-order valence-electron chi connectivity index (χ4n) is 7.87. The lowest BCUT2D eigenvalue weighted by atomic mass is 9.50. The molecule has 9 heteroatoms. The second-order valence-electron chi connectivity index (χ2n) is 11.6. The number of carbonyl (C=O) groups is 2. The van der Waals surface area contributed by atoms with Crippen LogP contribution in [0.15, 0.2) is 34.2 Å². The zero-order valence-electron chi connectivity index (χ0n) is 20.2. The summed E-state index contributed by atoms with van der Waals surface area (Å²) < 4.78 is 29.8. The van der Waals surface area contributed by atoms with Gasteiger partial charge < -0.3 is 10.2 Å². The number of rotatable bonds is 8. The monoisotopic (exact) mass is 498 g/mol. The van der Waals surface area contributed by atoms with Gasteiger partial charge in [-0.05, 0) is 82.3 Å². The Morgan fingerprint density at radius 3 is 2.37 bits per heavy atom. The number of nitrogens with one attached hydrogen (secondary N) is 2. The number of likely N-dealkylation sites (tertiary alicyclic amines) is 1. The lowest BCUT2D eigenvalue weighted by Crippen LogP contribution is -2.69. The number of amides is 1. The average Bonchev–Trinajstić information content (AvgIpc) is 3.52. The van der Waals surface area contributed by atoms with Crippen molar-refractivity contribution >= 4 is 27.9 Å². The number of benzene rings is 1. The molecule has 0 radical (unpaired) electrons. The summed E-state index contributed by atoms with van der Waals surface area (Å²) in [6, 6.07) is 6.61. The highest BCUT2D eigenvalue weighted by Crippen LogP contribution is 2.57.